The third-order valence-corrected chi connectivity index (χ3v) is 6.21. The highest BCUT2D eigenvalue weighted by atomic mass is 35.5. The summed E-state index contributed by atoms with van der Waals surface area (Å²) in [6, 6.07) is 11.9. The zero-order valence-electron chi connectivity index (χ0n) is 16.7. The summed E-state index contributed by atoms with van der Waals surface area (Å²) in [7, 11) is 0. The van der Waals surface area contributed by atoms with Crippen LogP contribution in [-0.4, -0.2) is 26.3 Å². The largest absolute Gasteiger partial charge is 0.481 e. The molecule has 5 nitrogen and oxygen atoms in total. The fourth-order valence-electron chi connectivity index (χ4n) is 3.75. The van der Waals surface area contributed by atoms with Gasteiger partial charge in [-0.3, -0.25) is 9.89 Å². The number of fused-ring (bicyclic) bond motifs is 1. The number of carboxylic acid groups (broad SMARTS) is 1. The molecule has 2 aromatic carbocycles. The van der Waals surface area contributed by atoms with Crippen molar-refractivity contribution in [3.8, 4) is 11.1 Å². The lowest BCUT2D eigenvalue weighted by Gasteiger charge is -2.16. The van der Waals surface area contributed by atoms with E-state index in [2.05, 4.69) is 15.2 Å². The van der Waals surface area contributed by atoms with Gasteiger partial charge in [0.2, 0.25) is 0 Å². The fraction of sp³-hybridized carbons (Fsp3) is 0.174. The van der Waals surface area contributed by atoms with Crippen LogP contribution in [0.1, 0.15) is 42.5 Å². The third kappa shape index (κ3) is 3.77. The number of nitrogens with zero attached hydrogens (tertiary/aromatic N) is 2. The van der Waals surface area contributed by atoms with Crippen molar-refractivity contribution in [1.29, 1.82) is 0 Å². The third-order valence-electron chi connectivity index (χ3n) is 5.49. The van der Waals surface area contributed by atoms with Gasteiger partial charge in [-0.25, -0.2) is 9.37 Å². The second-order valence-electron chi connectivity index (χ2n) is 7.36. The summed E-state index contributed by atoms with van der Waals surface area (Å²) < 4.78 is 14.1. The van der Waals surface area contributed by atoms with Gasteiger partial charge in [0.15, 0.2) is 5.65 Å². The number of aromatic nitrogens is 3. The molecule has 158 valence electrons. The van der Waals surface area contributed by atoms with Gasteiger partial charge in [0.1, 0.15) is 5.82 Å². The summed E-state index contributed by atoms with van der Waals surface area (Å²) in [4.78, 5) is 16.0. The van der Waals surface area contributed by atoms with E-state index in [4.69, 9.17) is 23.2 Å². The van der Waals surface area contributed by atoms with Crippen molar-refractivity contribution in [1.82, 2.24) is 15.2 Å². The highest BCUT2D eigenvalue weighted by molar-refractivity contribution is 6.36. The number of carboxylic acids is 1. The molecule has 2 N–H and O–H groups in total. The summed E-state index contributed by atoms with van der Waals surface area (Å²) in [5.41, 5.74) is 3.83. The van der Waals surface area contributed by atoms with Crippen LogP contribution >= 0.6 is 23.2 Å². The van der Waals surface area contributed by atoms with Gasteiger partial charge in [-0.1, -0.05) is 54.4 Å². The van der Waals surface area contributed by atoms with Gasteiger partial charge in [-0.2, -0.15) is 5.10 Å². The molecule has 0 aliphatic rings. The van der Waals surface area contributed by atoms with E-state index in [0.29, 0.717) is 27.5 Å². The Balaban J connectivity index is 1.86. The fourth-order valence-corrected chi connectivity index (χ4v) is 4.45. The Hall–Kier alpha value is -2.96. The van der Waals surface area contributed by atoms with E-state index in [1.54, 1.807) is 19.2 Å². The Morgan fingerprint density at radius 1 is 1.16 bits per heavy atom. The maximum Gasteiger partial charge on any atom is 0.310 e. The number of rotatable bonds is 5. The highest BCUT2D eigenvalue weighted by Crippen LogP contribution is 2.39. The van der Waals surface area contributed by atoms with E-state index < -0.39 is 17.7 Å². The molecule has 0 aliphatic heterocycles. The summed E-state index contributed by atoms with van der Waals surface area (Å²) in [6.07, 6.45) is 1.66. The minimum Gasteiger partial charge on any atom is -0.481 e. The molecule has 31 heavy (non-hydrogen) atoms. The monoisotopic (exact) mass is 457 g/mol. The molecule has 0 aliphatic carbocycles. The van der Waals surface area contributed by atoms with Crippen molar-refractivity contribution >= 4 is 40.2 Å². The van der Waals surface area contributed by atoms with Gasteiger partial charge in [-0.05, 0) is 36.2 Å². The van der Waals surface area contributed by atoms with Gasteiger partial charge < -0.3 is 5.11 Å². The Kier molecular flexibility index (Phi) is 5.69. The molecular weight excluding hydrogens is 440 g/mol. The maximum atomic E-state index is 14.1. The molecule has 2 heterocycles. The van der Waals surface area contributed by atoms with E-state index in [-0.39, 0.29) is 10.9 Å². The molecule has 0 saturated carbocycles. The van der Waals surface area contributed by atoms with Crippen LogP contribution in [0.4, 0.5) is 4.39 Å². The van der Waals surface area contributed by atoms with Crippen LogP contribution in [0.3, 0.4) is 0 Å². The van der Waals surface area contributed by atoms with Crippen LogP contribution in [-0.2, 0) is 4.79 Å². The van der Waals surface area contributed by atoms with Gasteiger partial charge in [0.25, 0.3) is 0 Å². The number of halogens is 3. The Bertz CT molecular complexity index is 1310. The summed E-state index contributed by atoms with van der Waals surface area (Å²) >= 11 is 12.5. The van der Waals surface area contributed by atoms with E-state index in [0.717, 1.165) is 16.5 Å². The Morgan fingerprint density at radius 3 is 2.65 bits per heavy atom. The smallest absolute Gasteiger partial charge is 0.310 e. The molecule has 2 unspecified atom stereocenters. The summed E-state index contributed by atoms with van der Waals surface area (Å²) in [6.45, 7) is 3.50. The molecule has 0 radical (unpaired) electrons. The van der Waals surface area contributed by atoms with Crippen LogP contribution < -0.4 is 0 Å². The lowest BCUT2D eigenvalue weighted by atomic mass is 9.91. The van der Waals surface area contributed by atoms with Crippen molar-refractivity contribution in [2.24, 2.45) is 0 Å². The van der Waals surface area contributed by atoms with Crippen LogP contribution in [0.15, 0.2) is 48.7 Å². The first kappa shape index (κ1) is 21.3. The van der Waals surface area contributed by atoms with E-state index in [1.165, 1.54) is 12.1 Å². The molecule has 0 saturated heterocycles. The number of hydrogen-bond acceptors (Lipinski definition) is 3. The standard InChI is InChI=1S/C23H18Cl2FN3O2/c1-11(23(30)31)14-5-3-4-6-15(14)13-9-16-21(28-29-22(16)27-10-13)12(2)19-17(24)7-8-18(26)20(19)25/h3-12H,1-2H3,(H,30,31)(H,27,28,29). The molecule has 0 amide bonds. The molecule has 4 rings (SSSR count). The SMILES string of the molecule is CC(C(=O)O)c1ccccc1-c1cnc2n[nH]c(C(C)c3c(Cl)ccc(F)c3Cl)c2c1. The number of nitrogens with one attached hydrogen (secondary N) is 1. The number of hydrogen-bond donors (Lipinski definition) is 2. The lowest BCUT2D eigenvalue weighted by molar-refractivity contribution is -0.138. The van der Waals surface area contributed by atoms with E-state index >= 15 is 0 Å². The van der Waals surface area contributed by atoms with Crippen LogP contribution in [0, 0.1) is 5.82 Å². The second-order valence-corrected chi connectivity index (χ2v) is 8.14. The molecule has 2 atom stereocenters. The van der Waals surface area contributed by atoms with Crippen LogP contribution in [0.5, 0.6) is 0 Å². The van der Waals surface area contributed by atoms with E-state index in [9.17, 15) is 14.3 Å². The number of carbonyl (C=O) groups is 1. The first-order valence-electron chi connectivity index (χ1n) is 9.59. The Labute approximate surface area is 187 Å². The van der Waals surface area contributed by atoms with Gasteiger partial charge >= 0.3 is 5.97 Å². The van der Waals surface area contributed by atoms with Crippen LogP contribution in [0.25, 0.3) is 22.2 Å². The molecule has 0 fully saturated rings. The number of aromatic amines is 1. The van der Waals surface area contributed by atoms with Crippen molar-refractivity contribution in [2.45, 2.75) is 25.7 Å². The Morgan fingerprint density at radius 2 is 1.90 bits per heavy atom. The number of benzene rings is 2. The average Bonchev–Trinajstić information content (AvgIpc) is 3.19. The number of pyridine rings is 1. The minimum absolute atomic E-state index is 0.0347. The quantitative estimate of drug-likeness (QED) is 0.339. The first-order chi connectivity index (χ1) is 14.8. The maximum absolute atomic E-state index is 14.1. The normalized spacial score (nSPS) is 13.3. The van der Waals surface area contributed by atoms with E-state index in [1.807, 2.05) is 31.2 Å². The predicted molar refractivity (Wildman–Crippen MR) is 119 cm³/mol. The van der Waals surface area contributed by atoms with Gasteiger partial charge in [0, 0.05) is 33.7 Å². The predicted octanol–water partition coefficient (Wildman–Crippen LogP) is 6.41. The zero-order chi connectivity index (χ0) is 22.3. The number of H-pyrrole nitrogens is 1. The molecular formula is C23H18Cl2FN3O2. The van der Waals surface area contributed by atoms with Crippen molar-refractivity contribution in [3.63, 3.8) is 0 Å². The van der Waals surface area contributed by atoms with Crippen molar-refractivity contribution < 1.29 is 14.3 Å². The summed E-state index contributed by atoms with van der Waals surface area (Å²) in [5, 5.41) is 17.7. The van der Waals surface area contributed by atoms with Crippen LogP contribution in [0.2, 0.25) is 10.0 Å². The lowest BCUT2D eigenvalue weighted by Crippen LogP contribution is -2.08. The molecule has 0 bridgehead atoms. The molecule has 4 aromatic rings. The topological polar surface area (TPSA) is 78.9 Å². The van der Waals surface area contributed by atoms with Crippen molar-refractivity contribution in [3.05, 3.63) is 81.3 Å². The van der Waals surface area contributed by atoms with Gasteiger partial charge in [0.05, 0.1) is 16.6 Å². The summed E-state index contributed by atoms with van der Waals surface area (Å²) in [5.74, 6) is -2.52. The van der Waals surface area contributed by atoms with Gasteiger partial charge in [-0.15, -0.1) is 0 Å². The highest BCUT2D eigenvalue weighted by Gasteiger charge is 2.23. The second kappa shape index (κ2) is 8.29. The zero-order valence-corrected chi connectivity index (χ0v) is 18.2. The minimum atomic E-state index is -0.908. The molecule has 0 spiro atoms. The molecule has 2 aromatic heterocycles. The number of aliphatic carboxylic acids is 1. The average molecular weight is 458 g/mol. The first-order valence-corrected chi connectivity index (χ1v) is 10.3. The van der Waals surface area contributed by atoms with Crippen molar-refractivity contribution in [2.75, 3.05) is 0 Å². The molecule has 8 heteroatoms.